The van der Waals surface area contributed by atoms with E-state index in [0.29, 0.717) is 17.9 Å². The maximum atomic E-state index is 12.2. The molecule has 2 aliphatic heterocycles. The second-order valence-electron chi connectivity index (χ2n) is 9.32. The second-order valence-corrected chi connectivity index (χ2v) is 9.32. The first-order chi connectivity index (χ1) is 18.0. The van der Waals surface area contributed by atoms with Crippen molar-refractivity contribution in [3.63, 3.8) is 0 Å². The number of hydrogen-bond acceptors (Lipinski definition) is 8. The number of aliphatic imine (C=N–C) groups is 1. The predicted octanol–water partition coefficient (Wildman–Crippen LogP) is 2.97. The van der Waals surface area contributed by atoms with Gasteiger partial charge >= 0.3 is 0 Å². The number of anilines is 1. The van der Waals surface area contributed by atoms with Crippen LogP contribution >= 0.6 is 0 Å². The SMILES string of the molecule is CN(C)CC(=O)Nc1cncc(-c2cnc3n[nH]c(C4=CC5C(c6ccccn6)=CN=CC5N4)c3c2)c1. The van der Waals surface area contributed by atoms with E-state index in [9.17, 15) is 4.79 Å². The van der Waals surface area contributed by atoms with Crippen LogP contribution in [0.15, 0.2) is 72.4 Å². The Morgan fingerprint density at radius 3 is 2.84 bits per heavy atom. The third kappa shape index (κ3) is 4.50. The lowest BCUT2D eigenvalue weighted by molar-refractivity contribution is -0.116. The molecular weight excluding hydrogens is 466 g/mol. The van der Waals surface area contributed by atoms with Crippen LogP contribution in [0.4, 0.5) is 5.69 Å². The van der Waals surface area contributed by atoms with E-state index in [4.69, 9.17) is 0 Å². The van der Waals surface area contributed by atoms with Crippen LogP contribution < -0.4 is 10.6 Å². The van der Waals surface area contributed by atoms with Gasteiger partial charge in [0.15, 0.2) is 5.65 Å². The monoisotopic (exact) mass is 491 g/mol. The van der Waals surface area contributed by atoms with E-state index in [-0.39, 0.29) is 17.9 Å². The number of amides is 1. The first-order valence-electron chi connectivity index (χ1n) is 11.9. The van der Waals surface area contributed by atoms with Crippen molar-refractivity contribution >= 4 is 40.1 Å². The molecule has 4 aromatic heterocycles. The zero-order valence-corrected chi connectivity index (χ0v) is 20.4. The summed E-state index contributed by atoms with van der Waals surface area (Å²) < 4.78 is 0. The summed E-state index contributed by atoms with van der Waals surface area (Å²) in [6.45, 7) is 0.294. The van der Waals surface area contributed by atoms with E-state index >= 15 is 0 Å². The Kier molecular flexibility index (Phi) is 5.78. The van der Waals surface area contributed by atoms with Crippen LogP contribution in [0, 0.1) is 5.92 Å². The Hall–Kier alpha value is -4.70. The topological polar surface area (TPSA) is 124 Å². The summed E-state index contributed by atoms with van der Waals surface area (Å²) in [6.07, 6.45) is 12.9. The highest BCUT2D eigenvalue weighted by Gasteiger charge is 2.33. The summed E-state index contributed by atoms with van der Waals surface area (Å²) in [4.78, 5) is 31.9. The summed E-state index contributed by atoms with van der Waals surface area (Å²) in [7, 11) is 3.70. The number of carbonyl (C=O) groups is 1. The molecule has 6 rings (SSSR count). The number of nitrogens with one attached hydrogen (secondary N) is 3. The van der Waals surface area contributed by atoms with Crippen molar-refractivity contribution in [2.24, 2.45) is 10.9 Å². The molecule has 0 aliphatic carbocycles. The van der Waals surface area contributed by atoms with Crippen LogP contribution in [0.3, 0.4) is 0 Å². The molecule has 0 fully saturated rings. The number of rotatable bonds is 6. The lowest BCUT2D eigenvalue weighted by Gasteiger charge is -2.21. The van der Waals surface area contributed by atoms with Gasteiger partial charge in [0.25, 0.3) is 0 Å². The Morgan fingerprint density at radius 2 is 2.00 bits per heavy atom. The molecule has 2 unspecified atom stereocenters. The maximum Gasteiger partial charge on any atom is 0.238 e. The van der Waals surface area contributed by atoms with Crippen molar-refractivity contribution < 1.29 is 4.79 Å². The number of hydrogen-bond donors (Lipinski definition) is 3. The van der Waals surface area contributed by atoms with Gasteiger partial charge in [-0.2, -0.15) is 5.10 Å². The standard InChI is InChI=1S/C27H25N9O/c1-36(2)15-25(37)32-18-7-16(10-28-12-18)17-8-20-26(34-35-27(20)31-11-17)23-9-19-21(13-29-14-24(19)33-23)22-5-3-4-6-30-22/h3-14,19,24,33H,15H2,1-2H3,(H,32,37)(H,31,34,35). The molecule has 37 heavy (non-hydrogen) atoms. The zero-order chi connectivity index (χ0) is 25.4. The zero-order valence-electron chi connectivity index (χ0n) is 20.4. The molecule has 2 atom stereocenters. The van der Waals surface area contributed by atoms with Gasteiger partial charge in [0.05, 0.1) is 41.6 Å². The van der Waals surface area contributed by atoms with E-state index in [1.54, 1.807) is 24.8 Å². The van der Waals surface area contributed by atoms with Gasteiger partial charge in [-0.05, 0) is 44.4 Å². The Morgan fingerprint density at radius 1 is 1.11 bits per heavy atom. The van der Waals surface area contributed by atoms with Gasteiger partial charge in [-0.1, -0.05) is 6.07 Å². The fourth-order valence-corrected chi connectivity index (χ4v) is 4.66. The van der Waals surface area contributed by atoms with Crippen LogP contribution in [0.25, 0.3) is 33.4 Å². The third-order valence-corrected chi connectivity index (χ3v) is 6.33. The molecule has 0 radical (unpaired) electrons. The third-order valence-electron chi connectivity index (χ3n) is 6.33. The molecule has 0 spiro atoms. The maximum absolute atomic E-state index is 12.2. The molecule has 0 saturated carbocycles. The molecule has 184 valence electrons. The first-order valence-corrected chi connectivity index (χ1v) is 11.9. The lowest BCUT2D eigenvalue weighted by atomic mass is 9.90. The van der Waals surface area contributed by atoms with Crippen molar-refractivity contribution in [3.8, 4) is 11.1 Å². The molecule has 0 saturated heterocycles. The minimum Gasteiger partial charge on any atom is -0.375 e. The number of likely N-dealkylation sites (N-methyl/N-ethyl adjacent to an activating group) is 1. The molecule has 0 bridgehead atoms. The van der Waals surface area contributed by atoms with Gasteiger partial charge in [0, 0.05) is 59.0 Å². The molecule has 10 heteroatoms. The Balaban J connectivity index is 1.31. The number of pyridine rings is 3. The van der Waals surface area contributed by atoms with Crippen molar-refractivity contribution in [2.45, 2.75) is 6.04 Å². The molecule has 10 nitrogen and oxygen atoms in total. The van der Waals surface area contributed by atoms with Gasteiger partial charge in [-0.25, -0.2) is 4.98 Å². The second kappa shape index (κ2) is 9.40. The number of fused-ring (bicyclic) bond motifs is 2. The van der Waals surface area contributed by atoms with Crippen molar-refractivity contribution in [1.29, 1.82) is 0 Å². The van der Waals surface area contributed by atoms with Crippen LogP contribution in [-0.2, 0) is 4.79 Å². The van der Waals surface area contributed by atoms with E-state index in [1.807, 2.05) is 61.7 Å². The molecule has 2 aliphatic rings. The van der Waals surface area contributed by atoms with E-state index in [1.165, 1.54) is 0 Å². The van der Waals surface area contributed by atoms with Crippen LogP contribution in [0.5, 0.6) is 0 Å². The highest BCUT2D eigenvalue weighted by molar-refractivity contribution is 5.95. The van der Waals surface area contributed by atoms with E-state index in [0.717, 1.165) is 39.2 Å². The summed E-state index contributed by atoms with van der Waals surface area (Å²) in [5.41, 5.74) is 6.75. The summed E-state index contributed by atoms with van der Waals surface area (Å²) in [5.74, 6) is 0.00145. The van der Waals surface area contributed by atoms with E-state index in [2.05, 4.69) is 46.9 Å². The first kappa shape index (κ1) is 22.7. The number of aromatic amines is 1. The van der Waals surface area contributed by atoms with Gasteiger partial charge < -0.3 is 15.5 Å². The smallest absolute Gasteiger partial charge is 0.238 e. The van der Waals surface area contributed by atoms with Crippen LogP contribution in [-0.4, -0.2) is 68.9 Å². The highest BCUT2D eigenvalue weighted by Crippen LogP contribution is 2.36. The van der Waals surface area contributed by atoms with Crippen molar-refractivity contribution in [3.05, 3.63) is 78.8 Å². The van der Waals surface area contributed by atoms with Gasteiger partial charge in [-0.3, -0.25) is 24.9 Å². The normalized spacial score (nSPS) is 18.4. The van der Waals surface area contributed by atoms with Gasteiger partial charge in [0.1, 0.15) is 0 Å². The predicted molar refractivity (Wildman–Crippen MR) is 143 cm³/mol. The average Bonchev–Trinajstić information content (AvgIpc) is 3.52. The molecule has 3 N–H and O–H groups in total. The molecule has 6 heterocycles. The van der Waals surface area contributed by atoms with Crippen LogP contribution in [0.2, 0.25) is 0 Å². The van der Waals surface area contributed by atoms with Gasteiger partial charge in [-0.15, -0.1) is 0 Å². The van der Waals surface area contributed by atoms with E-state index < -0.39 is 0 Å². The highest BCUT2D eigenvalue weighted by atomic mass is 16.2. The summed E-state index contributed by atoms with van der Waals surface area (Å²) in [5, 5.41) is 14.9. The minimum atomic E-state index is -0.0991. The Bertz CT molecular complexity index is 1570. The van der Waals surface area contributed by atoms with Crippen molar-refractivity contribution in [2.75, 3.05) is 26.0 Å². The minimum absolute atomic E-state index is 0.0261. The average molecular weight is 492 g/mol. The number of H-pyrrole nitrogens is 1. The van der Waals surface area contributed by atoms with Gasteiger partial charge in [0.2, 0.25) is 5.91 Å². The summed E-state index contributed by atoms with van der Waals surface area (Å²) in [6, 6.07) is 9.85. The molecule has 4 aromatic rings. The van der Waals surface area contributed by atoms with Crippen molar-refractivity contribution in [1.82, 2.24) is 35.4 Å². The molecule has 1 amide bonds. The lowest BCUT2D eigenvalue weighted by Crippen LogP contribution is -2.32. The molecule has 0 aromatic carbocycles. The fraction of sp³-hybridized carbons (Fsp3) is 0.185. The molecular formula is C27H25N9O. The summed E-state index contributed by atoms with van der Waals surface area (Å²) >= 11 is 0. The fourth-order valence-electron chi connectivity index (χ4n) is 4.66. The number of carbonyl (C=O) groups excluding carboxylic acids is 1. The number of nitrogens with zero attached hydrogens (tertiary/aromatic N) is 6. The van der Waals surface area contributed by atoms with Crippen LogP contribution in [0.1, 0.15) is 11.4 Å². The quantitative estimate of drug-likeness (QED) is 0.379. The largest absolute Gasteiger partial charge is 0.375 e. The Labute approximate surface area is 213 Å². The number of aromatic nitrogens is 5.